The molecule has 4 saturated carbocycles. The van der Waals surface area contributed by atoms with Gasteiger partial charge in [-0.25, -0.2) is 0 Å². The minimum Gasteiger partial charge on any atom is -0.458 e. The summed E-state index contributed by atoms with van der Waals surface area (Å²) < 4.78 is 5.22. The van der Waals surface area contributed by atoms with Crippen LogP contribution < -0.4 is 0 Å². The van der Waals surface area contributed by atoms with Crippen molar-refractivity contribution in [2.24, 2.45) is 23.2 Å². The third-order valence-electron chi connectivity index (χ3n) is 6.35. The normalized spacial score (nSPS) is 32.6. The van der Waals surface area contributed by atoms with Crippen molar-refractivity contribution < 1.29 is 19.1 Å². The van der Waals surface area contributed by atoms with E-state index >= 15 is 0 Å². The third kappa shape index (κ3) is 3.43. The summed E-state index contributed by atoms with van der Waals surface area (Å²) in [7, 11) is 0. The largest absolute Gasteiger partial charge is 0.458 e. The molecule has 1 heterocycles. The molecule has 4 bridgehead atoms. The van der Waals surface area contributed by atoms with Gasteiger partial charge >= 0.3 is 5.97 Å². The average Bonchev–Trinajstić information content (AvgIpc) is 3.11. The van der Waals surface area contributed by atoms with Crippen LogP contribution >= 0.6 is 11.3 Å². The Hall–Kier alpha value is -1.49. The molecule has 0 aliphatic heterocycles. The number of thiophene rings is 1. The average molecular weight is 360 g/mol. The molecule has 4 nitrogen and oxygen atoms in total. The van der Waals surface area contributed by atoms with Crippen LogP contribution in [0.4, 0.5) is 0 Å². The molecule has 5 rings (SSSR count). The van der Waals surface area contributed by atoms with Gasteiger partial charge in [-0.2, -0.15) is 0 Å². The third-order valence-corrected chi connectivity index (χ3v) is 7.26. The van der Waals surface area contributed by atoms with Gasteiger partial charge in [-0.1, -0.05) is 6.07 Å². The highest BCUT2D eigenvalue weighted by Gasteiger charge is 2.54. The summed E-state index contributed by atoms with van der Waals surface area (Å²) >= 11 is 1.38. The summed E-state index contributed by atoms with van der Waals surface area (Å²) in [5, 5.41) is 1.84. The standard InChI is InChI=1S/C20H24O4S/c21-16(17-2-1-5-25-17)3-4-19(23)24-12-18(22)20-9-13-6-14(10-20)8-15(7-13)11-20/h1-2,5,13-15H,3-4,6-12H2. The van der Waals surface area contributed by atoms with Crippen molar-refractivity contribution in [3.63, 3.8) is 0 Å². The zero-order valence-corrected chi connectivity index (χ0v) is 15.2. The molecule has 25 heavy (non-hydrogen) atoms. The Labute approximate surface area is 151 Å². The van der Waals surface area contributed by atoms with Crippen molar-refractivity contribution in [1.29, 1.82) is 0 Å². The summed E-state index contributed by atoms with van der Waals surface area (Å²) in [6, 6.07) is 3.58. The van der Waals surface area contributed by atoms with Gasteiger partial charge in [0.2, 0.25) is 0 Å². The maximum absolute atomic E-state index is 12.8. The van der Waals surface area contributed by atoms with E-state index in [0.717, 1.165) is 19.3 Å². The summed E-state index contributed by atoms with van der Waals surface area (Å²) in [4.78, 5) is 37.3. The van der Waals surface area contributed by atoms with Gasteiger partial charge in [0.15, 0.2) is 18.2 Å². The molecule has 4 aliphatic rings. The summed E-state index contributed by atoms with van der Waals surface area (Å²) in [5.41, 5.74) is -0.220. The predicted molar refractivity (Wildman–Crippen MR) is 94.5 cm³/mol. The van der Waals surface area contributed by atoms with Gasteiger partial charge in [0, 0.05) is 11.8 Å². The van der Waals surface area contributed by atoms with Gasteiger partial charge in [0.05, 0.1) is 11.3 Å². The Morgan fingerprint density at radius 3 is 2.24 bits per heavy atom. The number of Topliss-reactive ketones (excluding diaryl/α,β-unsaturated/α-hetero) is 2. The fourth-order valence-electron chi connectivity index (χ4n) is 5.60. The zero-order valence-electron chi connectivity index (χ0n) is 14.4. The Bertz CT molecular complexity index is 641. The molecule has 1 aromatic heterocycles. The Morgan fingerprint density at radius 2 is 1.68 bits per heavy atom. The second-order valence-corrected chi connectivity index (χ2v) is 9.13. The van der Waals surface area contributed by atoms with Crippen LogP contribution in [0.15, 0.2) is 17.5 Å². The van der Waals surface area contributed by atoms with Crippen LogP contribution in [0.5, 0.6) is 0 Å². The number of hydrogen-bond acceptors (Lipinski definition) is 5. The molecule has 1 aromatic rings. The van der Waals surface area contributed by atoms with E-state index < -0.39 is 5.97 Å². The number of hydrogen-bond donors (Lipinski definition) is 0. The first-order chi connectivity index (χ1) is 12.0. The van der Waals surface area contributed by atoms with Crippen LogP contribution in [0.3, 0.4) is 0 Å². The lowest BCUT2D eigenvalue weighted by molar-refractivity contribution is -0.157. The number of rotatable bonds is 7. The molecular weight excluding hydrogens is 336 g/mol. The van der Waals surface area contributed by atoms with Gasteiger partial charge in [0.1, 0.15) is 0 Å². The molecule has 0 N–H and O–H groups in total. The molecule has 134 valence electrons. The topological polar surface area (TPSA) is 60.4 Å². The minimum atomic E-state index is -0.442. The van der Waals surface area contributed by atoms with Gasteiger partial charge in [-0.3, -0.25) is 14.4 Å². The van der Waals surface area contributed by atoms with Crippen molar-refractivity contribution in [2.75, 3.05) is 6.61 Å². The highest BCUT2D eigenvalue weighted by atomic mass is 32.1. The maximum Gasteiger partial charge on any atom is 0.306 e. The van der Waals surface area contributed by atoms with Crippen LogP contribution in [0.1, 0.15) is 61.0 Å². The number of ether oxygens (including phenoxy) is 1. The van der Waals surface area contributed by atoms with Crippen LogP contribution in [0.25, 0.3) is 0 Å². The summed E-state index contributed by atoms with van der Waals surface area (Å²) in [5.74, 6) is 1.74. The van der Waals surface area contributed by atoms with E-state index in [0.29, 0.717) is 22.6 Å². The molecule has 0 saturated heterocycles. The molecular formula is C20H24O4S. The van der Waals surface area contributed by atoms with E-state index in [1.54, 1.807) is 6.07 Å². The van der Waals surface area contributed by atoms with Crippen LogP contribution in [-0.4, -0.2) is 24.1 Å². The first-order valence-corrected chi connectivity index (χ1v) is 10.2. The van der Waals surface area contributed by atoms with Gasteiger partial charge in [0.25, 0.3) is 0 Å². The van der Waals surface area contributed by atoms with Crippen molar-refractivity contribution in [3.8, 4) is 0 Å². The number of carbonyl (C=O) groups is 3. The number of ketones is 2. The monoisotopic (exact) mass is 360 g/mol. The lowest BCUT2D eigenvalue weighted by Gasteiger charge is -2.55. The molecule has 5 heteroatoms. The summed E-state index contributed by atoms with van der Waals surface area (Å²) in [6.45, 7) is -0.113. The van der Waals surface area contributed by atoms with Crippen LogP contribution in [-0.2, 0) is 14.3 Å². The molecule has 0 unspecified atom stereocenters. The van der Waals surface area contributed by atoms with E-state index in [4.69, 9.17) is 4.74 Å². The lowest BCUT2D eigenvalue weighted by Crippen LogP contribution is -2.51. The first kappa shape index (κ1) is 17.0. The fraction of sp³-hybridized carbons (Fsp3) is 0.650. The highest BCUT2D eigenvalue weighted by molar-refractivity contribution is 7.12. The predicted octanol–water partition coefficient (Wildman–Crippen LogP) is 4.04. The van der Waals surface area contributed by atoms with Crippen molar-refractivity contribution in [3.05, 3.63) is 22.4 Å². The smallest absolute Gasteiger partial charge is 0.306 e. The SMILES string of the molecule is O=C(CCC(=O)c1cccs1)OCC(=O)C12CC3CC(CC(C3)C1)C2. The molecule has 0 aromatic carbocycles. The van der Waals surface area contributed by atoms with E-state index in [1.165, 1.54) is 30.6 Å². The van der Waals surface area contributed by atoms with Gasteiger partial charge < -0.3 is 4.74 Å². The van der Waals surface area contributed by atoms with Gasteiger partial charge in [-0.05, 0) is 67.7 Å². The number of esters is 1. The molecule has 4 fully saturated rings. The van der Waals surface area contributed by atoms with E-state index in [-0.39, 0.29) is 36.4 Å². The van der Waals surface area contributed by atoms with Crippen molar-refractivity contribution in [1.82, 2.24) is 0 Å². The molecule has 4 aliphatic carbocycles. The second-order valence-electron chi connectivity index (χ2n) is 8.18. The second kappa shape index (κ2) is 6.67. The molecule has 0 amide bonds. The summed E-state index contributed by atoms with van der Waals surface area (Å²) in [6.07, 6.45) is 7.03. The number of carbonyl (C=O) groups excluding carboxylic acids is 3. The quantitative estimate of drug-likeness (QED) is 0.544. The minimum absolute atomic E-state index is 0.0423. The Morgan fingerprint density at radius 1 is 1.04 bits per heavy atom. The fourth-order valence-corrected chi connectivity index (χ4v) is 6.29. The van der Waals surface area contributed by atoms with Crippen molar-refractivity contribution >= 4 is 28.9 Å². The van der Waals surface area contributed by atoms with E-state index in [9.17, 15) is 14.4 Å². The van der Waals surface area contributed by atoms with E-state index in [1.807, 2.05) is 11.4 Å². The molecule has 0 radical (unpaired) electrons. The van der Waals surface area contributed by atoms with E-state index in [2.05, 4.69) is 0 Å². The molecule has 0 atom stereocenters. The zero-order chi connectivity index (χ0) is 17.4. The van der Waals surface area contributed by atoms with Crippen LogP contribution in [0.2, 0.25) is 0 Å². The maximum atomic E-state index is 12.8. The Kier molecular flexibility index (Phi) is 4.52. The highest BCUT2D eigenvalue weighted by Crippen LogP contribution is 2.60. The lowest BCUT2D eigenvalue weighted by atomic mass is 9.48. The van der Waals surface area contributed by atoms with Crippen LogP contribution in [0, 0.1) is 23.2 Å². The molecule has 0 spiro atoms. The Balaban J connectivity index is 1.26. The van der Waals surface area contributed by atoms with Crippen molar-refractivity contribution in [2.45, 2.75) is 51.4 Å². The first-order valence-electron chi connectivity index (χ1n) is 9.30. The van der Waals surface area contributed by atoms with Gasteiger partial charge in [-0.15, -0.1) is 11.3 Å².